The van der Waals surface area contributed by atoms with Gasteiger partial charge in [0.25, 0.3) is 0 Å². The summed E-state index contributed by atoms with van der Waals surface area (Å²) in [6.45, 7) is 4.88. The van der Waals surface area contributed by atoms with Crippen LogP contribution < -0.4 is 16.2 Å². The number of ether oxygens (including phenoxy) is 1. The summed E-state index contributed by atoms with van der Waals surface area (Å²) in [5.74, 6) is 0.872. The quantitative estimate of drug-likeness (QED) is 0.820. The molecule has 0 aromatic heterocycles. The van der Waals surface area contributed by atoms with E-state index in [9.17, 15) is 0 Å². The van der Waals surface area contributed by atoms with E-state index in [0.29, 0.717) is 6.61 Å². The van der Waals surface area contributed by atoms with E-state index >= 15 is 0 Å². The summed E-state index contributed by atoms with van der Waals surface area (Å²) in [5, 5.41) is 0. The van der Waals surface area contributed by atoms with Gasteiger partial charge >= 0.3 is 0 Å². The Morgan fingerprint density at radius 1 is 0.957 bits per heavy atom. The van der Waals surface area contributed by atoms with E-state index in [0.717, 1.165) is 11.4 Å². The molecular weight excluding hydrogens is 284 g/mol. The maximum Gasteiger partial charge on any atom is 0.119 e. The molecule has 1 aliphatic rings. The molecule has 2 aromatic carbocycles. The highest BCUT2D eigenvalue weighted by atomic mass is 16.5. The maximum atomic E-state index is 5.47. The van der Waals surface area contributed by atoms with Crippen LogP contribution in [0.25, 0.3) is 0 Å². The maximum absolute atomic E-state index is 5.47. The van der Waals surface area contributed by atoms with E-state index in [1.54, 1.807) is 11.1 Å². The van der Waals surface area contributed by atoms with Gasteiger partial charge in [-0.05, 0) is 87.5 Å². The monoisotopic (exact) mass is 314 g/mol. The molecule has 1 aliphatic carbocycles. The van der Waals surface area contributed by atoms with Crippen LogP contribution in [0, 0.1) is 6.92 Å². The molecule has 0 saturated carbocycles. The average Bonchev–Trinajstić information content (AvgIpc) is 2.60. The molecule has 0 spiro atoms. The number of nitrogen functional groups attached to an aromatic ring is 1. The lowest BCUT2D eigenvalue weighted by atomic mass is 9.89. The van der Waals surface area contributed by atoms with Crippen LogP contribution >= 0.6 is 0 Å². The summed E-state index contributed by atoms with van der Waals surface area (Å²) in [5.41, 5.74) is 15.4. The van der Waals surface area contributed by atoms with Crippen molar-refractivity contribution in [1.29, 1.82) is 0 Å². The largest absolute Gasteiger partial charge is 0.494 e. The summed E-state index contributed by atoms with van der Waals surface area (Å²) in [4.78, 5) is 0. The van der Waals surface area contributed by atoms with Gasteiger partial charge < -0.3 is 16.2 Å². The van der Waals surface area contributed by atoms with Crippen LogP contribution in [0.1, 0.15) is 36.5 Å². The molecule has 0 fully saturated rings. The van der Waals surface area contributed by atoms with E-state index in [-0.39, 0.29) is 0 Å². The van der Waals surface area contributed by atoms with Gasteiger partial charge in [-0.3, -0.25) is 0 Å². The van der Waals surface area contributed by atoms with Crippen molar-refractivity contribution in [2.75, 3.05) is 19.4 Å². The van der Waals surface area contributed by atoms with E-state index < -0.39 is 0 Å². The summed E-state index contributed by atoms with van der Waals surface area (Å²) in [6, 6.07) is 14.1. The lowest BCUT2D eigenvalue weighted by Crippen LogP contribution is -2.03. The predicted octanol–water partition coefficient (Wildman–Crippen LogP) is 4.12. The number of benzene rings is 2. The van der Waals surface area contributed by atoms with Crippen molar-refractivity contribution in [3.8, 4) is 5.75 Å². The number of fused-ring (bicyclic) bond motifs is 1. The molecule has 0 radical (unpaired) electrons. The van der Waals surface area contributed by atoms with Gasteiger partial charge in [0, 0.05) is 5.69 Å². The smallest absolute Gasteiger partial charge is 0.119 e. The van der Waals surface area contributed by atoms with E-state index in [1.165, 1.54) is 38.3 Å². The third-order valence-electron chi connectivity index (χ3n) is 3.82. The van der Waals surface area contributed by atoms with Crippen LogP contribution in [0.3, 0.4) is 0 Å². The fourth-order valence-corrected chi connectivity index (χ4v) is 2.70. The van der Waals surface area contributed by atoms with E-state index in [4.69, 9.17) is 10.5 Å². The Balaban J connectivity index is 0.000000209. The molecule has 4 N–H and O–H groups in total. The third kappa shape index (κ3) is 6.33. The zero-order chi connectivity index (χ0) is 17.1. The molecule has 23 heavy (non-hydrogen) atoms. The number of rotatable bonds is 2. The second kappa shape index (κ2) is 10.7. The lowest BCUT2D eigenvalue weighted by Gasteiger charge is -2.17. The lowest BCUT2D eigenvalue weighted by molar-refractivity contribution is 0.340. The minimum atomic E-state index is 0.698. The third-order valence-corrected chi connectivity index (χ3v) is 3.82. The van der Waals surface area contributed by atoms with Crippen LogP contribution in [-0.2, 0) is 12.8 Å². The van der Waals surface area contributed by atoms with Gasteiger partial charge in [0.2, 0.25) is 0 Å². The minimum Gasteiger partial charge on any atom is -0.494 e. The molecule has 3 rings (SSSR count). The molecule has 0 saturated heterocycles. The first-order chi connectivity index (χ1) is 11.2. The normalized spacial score (nSPS) is 12.0. The van der Waals surface area contributed by atoms with Gasteiger partial charge in [-0.1, -0.05) is 18.2 Å². The highest BCUT2D eigenvalue weighted by Gasteiger charge is 2.09. The van der Waals surface area contributed by atoms with Crippen molar-refractivity contribution in [3.05, 3.63) is 59.2 Å². The first-order valence-corrected chi connectivity index (χ1v) is 8.34. The molecule has 0 atom stereocenters. The Labute approximate surface area is 140 Å². The second-order valence-electron chi connectivity index (χ2n) is 5.42. The first kappa shape index (κ1) is 19.0. The van der Waals surface area contributed by atoms with E-state index in [1.807, 2.05) is 31.2 Å². The summed E-state index contributed by atoms with van der Waals surface area (Å²) in [7, 11) is 1.50. The zero-order valence-electron chi connectivity index (χ0n) is 14.6. The fourth-order valence-electron chi connectivity index (χ4n) is 2.70. The topological polar surface area (TPSA) is 61.3 Å². The number of anilines is 1. The molecule has 0 amide bonds. The standard InChI is InChI=1S/C11H14.C8H11NO.CH5N/c1-9-5-4-7-10-6-2-3-8-11(9)10;1-2-10-8-5-3-7(9)4-6-8;1-2/h4-5,7H,2-3,6,8H2,1H3;3-6H,2,9H2,1H3;2H2,1H3. The molecule has 2 aromatic rings. The van der Waals surface area contributed by atoms with Crippen LogP contribution in [0.5, 0.6) is 5.75 Å². The van der Waals surface area contributed by atoms with Gasteiger partial charge in [-0.2, -0.15) is 0 Å². The molecule has 3 nitrogen and oxygen atoms in total. The van der Waals surface area contributed by atoms with Crippen LogP contribution in [0.15, 0.2) is 42.5 Å². The van der Waals surface area contributed by atoms with Crippen molar-refractivity contribution in [3.63, 3.8) is 0 Å². The average molecular weight is 314 g/mol. The summed E-state index contributed by atoms with van der Waals surface area (Å²) >= 11 is 0. The molecule has 0 unspecified atom stereocenters. The highest BCUT2D eigenvalue weighted by Crippen LogP contribution is 2.23. The fraction of sp³-hybridized carbons (Fsp3) is 0.400. The Morgan fingerprint density at radius 3 is 2.22 bits per heavy atom. The van der Waals surface area contributed by atoms with E-state index in [2.05, 4.69) is 30.9 Å². The molecule has 3 heteroatoms. The van der Waals surface area contributed by atoms with Crippen molar-refractivity contribution < 1.29 is 4.74 Å². The summed E-state index contributed by atoms with van der Waals surface area (Å²) in [6.07, 6.45) is 5.38. The minimum absolute atomic E-state index is 0.698. The number of nitrogens with two attached hydrogens (primary N) is 2. The van der Waals surface area contributed by atoms with Crippen LogP contribution in [0.2, 0.25) is 0 Å². The van der Waals surface area contributed by atoms with Gasteiger partial charge in [0.1, 0.15) is 5.75 Å². The Morgan fingerprint density at radius 2 is 1.61 bits per heavy atom. The Kier molecular flexibility index (Phi) is 8.85. The molecular formula is C20H30N2O. The Bertz CT molecular complexity index is 564. The molecule has 126 valence electrons. The van der Waals surface area contributed by atoms with Gasteiger partial charge in [-0.25, -0.2) is 0 Å². The summed E-state index contributed by atoms with van der Waals surface area (Å²) < 4.78 is 5.21. The molecule has 0 bridgehead atoms. The number of hydrogen-bond acceptors (Lipinski definition) is 3. The van der Waals surface area contributed by atoms with Gasteiger partial charge in [0.05, 0.1) is 6.61 Å². The molecule has 0 aliphatic heterocycles. The highest BCUT2D eigenvalue weighted by molar-refractivity contribution is 5.41. The second-order valence-corrected chi connectivity index (χ2v) is 5.42. The van der Waals surface area contributed by atoms with Crippen molar-refractivity contribution in [2.24, 2.45) is 5.73 Å². The first-order valence-electron chi connectivity index (χ1n) is 8.34. The SMILES string of the molecule is CCOc1ccc(N)cc1.CN.Cc1cccc2c1CCCC2. The van der Waals surface area contributed by atoms with Crippen molar-refractivity contribution in [2.45, 2.75) is 39.5 Å². The predicted molar refractivity (Wildman–Crippen MR) is 100.0 cm³/mol. The van der Waals surface area contributed by atoms with Crippen molar-refractivity contribution >= 4 is 5.69 Å². The van der Waals surface area contributed by atoms with Crippen LogP contribution in [0.4, 0.5) is 5.69 Å². The molecule has 0 heterocycles. The number of hydrogen-bond donors (Lipinski definition) is 2. The Hall–Kier alpha value is -2.00. The zero-order valence-corrected chi connectivity index (χ0v) is 14.6. The van der Waals surface area contributed by atoms with Gasteiger partial charge in [-0.15, -0.1) is 0 Å². The van der Waals surface area contributed by atoms with Crippen LogP contribution in [-0.4, -0.2) is 13.7 Å². The number of aryl methyl sites for hydroxylation is 2. The van der Waals surface area contributed by atoms with Gasteiger partial charge in [0.15, 0.2) is 0 Å². The van der Waals surface area contributed by atoms with Crippen molar-refractivity contribution in [1.82, 2.24) is 0 Å².